The number of nitrogens with zero attached hydrogens (tertiary/aromatic N) is 1. The third-order valence-corrected chi connectivity index (χ3v) is 2.98. The molecule has 0 saturated carbocycles. The highest BCUT2D eigenvalue weighted by Gasteiger charge is 2.06. The van der Waals surface area contributed by atoms with Gasteiger partial charge in [-0.2, -0.15) is 0 Å². The molecule has 0 unspecified atom stereocenters. The van der Waals surface area contributed by atoms with Gasteiger partial charge in [-0.25, -0.2) is 0 Å². The van der Waals surface area contributed by atoms with E-state index in [1.807, 2.05) is 18.2 Å². The summed E-state index contributed by atoms with van der Waals surface area (Å²) in [7, 11) is 6.73. The van der Waals surface area contributed by atoms with Gasteiger partial charge in [0, 0.05) is 45.5 Å². The number of benzene rings is 1. The standard InChI is InChI=1S/C15H25N3O3.HI/c1-16-15(17-8-5-9-19-2)18-11-12-6-7-13(20-3)10-14(12)21-4;/h6-7,10H,5,8-9,11H2,1-4H3,(H2,16,17,18);1H. The molecular weight excluding hydrogens is 397 g/mol. The van der Waals surface area contributed by atoms with E-state index in [1.165, 1.54) is 0 Å². The van der Waals surface area contributed by atoms with Crippen molar-refractivity contribution in [2.24, 2.45) is 4.99 Å². The summed E-state index contributed by atoms with van der Waals surface area (Å²) >= 11 is 0. The Bertz CT molecular complexity index is 456. The van der Waals surface area contributed by atoms with Crippen LogP contribution in [-0.4, -0.2) is 47.5 Å². The van der Waals surface area contributed by atoms with E-state index in [0.29, 0.717) is 6.54 Å². The Hall–Kier alpha value is -1.22. The Kier molecular flexibility index (Phi) is 11.7. The molecule has 22 heavy (non-hydrogen) atoms. The molecule has 0 aliphatic rings. The number of hydrogen-bond acceptors (Lipinski definition) is 4. The zero-order valence-corrected chi connectivity index (χ0v) is 16.0. The largest absolute Gasteiger partial charge is 0.497 e. The maximum absolute atomic E-state index is 5.37. The minimum atomic E-state index is 0. The number of rotatable bonds is 8. The number of hydrogen-bond donors (Lipinski definition) is 2. The maximum atomic E-state index is 5.37. The number of nitrogens with one attached hydrogen (secondary N) is 2. The molecule has 126 valence electrons. The lowest BCUT2D eigenvalue weighted by atomic mass is 10.2. The molecule has 0 aromatic heterocycles. The minimum absolute atomic E-state index is 0. The van der Waals surface area contributed by atoms with Crippen LogP contribution in [0.5, 0.6) is 11.5 Å². The average Bonchev–Trinajstić information content (AvgIpc) is 2.54. The van der Waals surface area contributed by atoms with Crippen LogP contribution in [0.1, 0.15) is 12.0 Å². The highest BCUT2D eigenvalue weighted by atomic mass is 127. The van der Waals surface area contributed by atoms with Crippen LogP contribution in [0.15, 0.2) is 23.2 Å². The van der Waals surface area contributed by atoms with Gasteiger partial charge in [-0.3, -0.25) is 4.99 Å². The van der Waals surface area contributed by atoms with E-state index >= 15 is 0 Å². The first kappa shape index (κ1) is 20.8. The summed E-state index contributed by atoms with van der Waals surface area (Å²) in [6, 6.07) is 5.75. The number of guanidine groups is 1. The van der Waals surface area contributed by atoms with Gasteiger partial charge in [0.2, 0.25) is 0 Å². The molecule has 1 aromatic rings. The molecule has 0 aliphatic carbocycles. The molecule has 7 heteroatoms. The normalized spacial score (nSPS) is 10.6. The summed E-state index contributed by atoms with van der Waals surface area (Å²) in [4.78, 5) is 4.18. The van der Waals surface area contributed by atoms with Crippen molar-refractivity contribution in [2.75, 3.05) is 41.5 Å². The molecule has 0 aliphatic heterocycles. The van der Waals surface area contributed by atoms with Crippen molar-refractivity contribution in [2.45, 2.75) is 13.0 Å². The van der Waals surface area contributed by atoms with Crippen LogP contribution in [0.25, 0.3) is 0 Å². The predicted molar refractivity (Wildman–Crippen MR) is 99.7 cm³/mol. The van der Waals surface area contributed by atoms with E-state index in [-0.39, 0.29) is 24.0 Å². The van der Waals surface area contributed by atoms with E-state index in [9.17, 15) is 0 Å². The smallest absolute Gasteiger partial charge is 0.191 e. The van der Waals surface area contributed by atoms with Gasteiger partial charge >= 0.3 is 0 Å². The quantitative estimate of drug-likeness (QED) is 0.290. The highest BCUT2D eigenvalue weighted by Crippen LogP contribution is 2.24. The molecule has 1 rings (SSSR count). The molecular formula is C15H26IN3O3. The van der Waals surface area contributed by atoms with Gasteiger partial charge in [-0.05, 0) is 18.6 Å². The van der Waals surface area contributed by atoms with E-state index < -0.39 is 0 Å². The molecule has 0 saturated heterocycles. The third kappa shape index (κ3) is 7.17. The van der Waals surface area contributed by atoms with Crippen molar-refractivity contribution in [3.05, 3.63) is 23.8 Å². The number of ether oxygens (including phenoxy) is 3. The van der Waals surface area contributed by atoms with Crippen LogP contribution in [-0.2, 0) is 11.3 Å². The first-order valence-electron chi connectivity index (χ1n) is 6.89. The summed E-state index contributed by atoms with van der Waals surface area (Å²) in [6.45, 7) is 2.17. The molecule has 0 heterocycles. The Morgan fingerprint density at radius 2 is 1.91 bits per heavy atom. The molecule has 0 fully saturated rings. The molecule has 0 spiro atoms. The summed E-state index contributed by atoms with van der Waals surface area (Å²) in [5.41, 5.74) is 1.04. The van der Waals surface area contributed by atoms with Crippen LogP contribution < -0.4 is 20.1 Å². The lowest BCUT2D eigenvalue weighted by Crippen LogP contribution is -2.37. The minimum Gasteiger partial charge on any atom is -0.497 e. The molecule has 0 amide bonds. The lowest BCUT2D eigenvalue weighted by molar-refractivity contribution is 0.195. The summed E-state index contributed by atoms with van der Waals surface area (Å²) in [5, 5.41) is 6.48. The molecule has 6 nitrogen and oxygen atoms in total. The zero-order chi connectivity index (χ0) is 15.5. The highest BCUT2D eigenvalue weighted by molar-refractivity contribution is 14.0. The van der Waals surface area contributed by atoms with Crippen molar-refractivity contribution < 1.29 is 14.2 Å². The predicted octanol–water partition coefficient (Wildman–Crippen LogP) is 2.02. The Balaban J connectivity index is 0.00000441. The molecule has 0 bridgehead atoms. The van der Waals surface area contributed by atoms with Gasteiger partial charge in [0.25, 0.3) is 0 Å². The number of methoxy groups -OCH3 is 3. The van der Waals surface area contributed by atoms with Gasteiger partial charge in [-0.15, -0.1) is 24.0 Å². The van der Waals surface area contributed by atoms with E-state index in [1.54, 1.807) is 28.4 Å². The molecule has 0 atom stereocenters. The van der Waals surface area contributed by atoms with Crippen LogP contribution in [0, 0.1) is 0 Å². The second kappa shape index (κ2) is 12.3. The van der Waals surface area contributed by atoms with Crippen LogP contribution in [0.4, 0.5) is 0 Å². The van der Waals surface area contributed by atoms with Gasteiger partial charge in [-0.1, -0.05) is 0 Å². The van der Waals surface area contributed by atoms with Crippen LogP contribution in [0.3, 0.4) is 0 Å². The lowest BCUT2D eigenvalue weighted by Gasteiger charge is -2.14. The van der Waals surface area contributed by atoms with E-state index in [0.717, 1.165) is 42.6 Å². The van der Waals surface area contributed by atoms with Crippen molar-refractivity contribution in [3.8, 4) is 11.5 Å². The average molecular weight is 423 g/mol. The van der Waals surface area contributed by atoms with Crippen molar-refractivity contribution in [3.63, 3.8) is 0 Å². The van der Waals surface area contributed by atoms with Crippen molar-refractivity contribution in [1.82, 2.24) is 10.6 Å². The molecule has 0 radical (unpaired) electrons. The molecule has 1 aromatic carbocycles. The second-order valence-corrected chi connectivity index (χ2v) is 4.38. The van der Waals surface area contributed by atoms with Crippen molar-refractivity contribution in [1.29, 1.82) is 0 Å². The first-order valence-corrected chi connectivity index (χ1v) is 6.89. The monoisotopic (exact) mass is 423 g/mol. The second-order valence-electron chi connectivity index (χ2n) is 4.38. The topological polar surface area (TPSA) is 64.1 Å². The van der Waals surface area contributed by atoms with E-state index in [2.05, 4.69) is 15.6 Å². The summed E-state index contributed by atoms with van der Waals surface area (Å²) < 4.78 is 15.6. The maximum Gasteiger partial charge on any atom is 0.191 e. The Labute approximate surface area is 149 Å². The zero-order valence-electron chi connectivity index (χ0n) is 13.6. The first-order chi connectivity index (χ1) is 10.2. The SMILES string of the molecule is CN=C(NCCCOC)NCc1ccc(OC)cc1OC.I. The summed E-state index contributed by atoms with van der Waals surface area (Å²) in [5.74, 6) is 2.32. The fraction of sp³-hybridized carbons (Fsp3) is 0.533. The number of halogens is 1. The summed E-state index contributed by atoms with van der Waals surface area (Å²) in [6.07, 6.45) is 0.934. The van der Waals surface area contributed by atoms with Crippen LogP contribution >= 0.6 is 24.0 Å². The van der Waals surface area contributed by atoms with Gasteiger partial charge in [0.05, 0.1) is 14.2 Å². The Morgan fingerprint density at radius 1 is 1.14 bits per heavy atom. The van der Waals surface area contributed by atoms with Gasteiger partial charge in [0.15, 0.2) is 5.96 Å². The van der Waals surface area contributed by atoms with Gasteiger partial charge < -0.3 is 24.8 Å². The fourth-order valence-corrected chi connectivity index (χ4v) is 1.82. The fourth-order valence-electron chi connectivity index (χ4n) is 1.82. The third-order valence-electron chi connectivity index (χ3n) is 2.98. The Morgan fingerprint density at radius 3 is 2.50 bits per heavy atom. The number of aliphatic imine (C=N–C) groups is 1. The molecule has 2 N–H and O–H groups in total. The van der Waals surface area contributed by atoms with Crippen LogP contribution in [0.2, 0.25) is 0 Å². The van der Waals surface area contributed by atoms with E-state index in [4.69, 9.17) is 14.2 Å². The van der Waals surface area contributed by atoms with Gasteiger partial charge in [0.1, 0.15) is 11.5 Å². The van der Waals surface area contributed by atoms with Crippen molar-refractivity contribution >= 4 is 29.9 Å².